The molecule has 0 atom stereocenters. The van der Waals surface area contributed by atoms with E-state index in [1.165, 1.54) is 12.1 Å². The fourth-order valence-corrected chi connectivity index (χ4v) is 4.50. The summed E-state index contributed by atoms with van der Waals surface area (Å²) >= 11 is 14.9. The predicted octanol–water partition coefficient (Wildman–Crippen LogP) is 2.47. The minimum Gasteiger partial charge on any atom is -0.455 e. The van der Waals surface area contributed by atoms with E-state index < -0.39 is 22.5 Å². The minimum atomic E-state index is -4.10. The van der Waals surface area contributed by atoms with Gasteiger partial charge in [-0.05, 0) is 12.1 Å². The molecule has 0 fully saturated rings. The third-order valence-electron chi connectivity index (χ3n) is 2.56. The third kappa shape index (κ3) is 4.90. The molecule has 0 aliphatic rings. The monoisotopic (exact) mass is 457 g/mol. The van der Waals surface area contributed by atoms with Crippen LogP contribution in [0.1, 0.15) is 11.8 Å². The smallest absolute Gasteiger partial charge is 0.321 e. The van der Waals surface area contributed by atoms with Crippen molar-refractivity contribution < 1.29 is 22.4 Å². The van der Waals surface area contributed by atoms with Gasteiger partial charge in [0.15, 0.2) is 6.61 Å². The van der Waals surface area contributed by atoms with Crippen molar-refractivity contribution in [2.45, 2.75) is 18.4 Å². The van der Waals surface area contributed by atoms with Crippen LogP contribution in [0.2, 0.25) is 10.0 Å². The lowest BCUT2D eigenvalue weighted by atomic mass is 10.4. The Morgan fingerprint density at radius 1 is 1.33 bits per heavy atom. The highest BCUT2D eigenvalue weighted by Gasteiger charge is 2.23. The zero-order valence-electron chi connectivity index (χ0n) is 12.0. The van der Waals surface area contributed by atoms with Gasteiger partial charge in [-0.25, -0.2) is 8.42 Å². The van der Waals surface area contributed by atoms with Gasteiger partial charge in [-0.15, -0.1) is 10.2 Å². The van der Waals surface area contributed by atoms with Gasteiger partial charge in [0.1, 0.15) is 11.4 Å². The number of nitrogens with one attached hydrogen (secondary N) is 1. The van der Waals surface area contributed by atoms with Gasteiger partial charge in [0, 0.05) is 11.4 Å². The van der Waals surface area contributed by atoms with Crippen LogP contribution in [0.25, 0.3) is 0 Å². The zero-order valence-corrected chi connectivity index (χ0v) is 16.0. The summed E-state index contributed by atoms with van der Waals surface area (Å²) in [5.74, 6) is -0.414. The maximum Gasteiger partial charge on any atom is 0.321 e. The average Bonchev–Trinajstić information content (AvgIpc) is 2.87. The number of rotatable bonds is 6. The first-order chi connectivity index (χ1) is 11.2. The minimum absolute atomic E-state index is 0.0865. The molecule has 0 bridgehead atoms. The van der Waals surface area contributed by atoms with E-state index in [0.29, 0.717) is 10.4 Å². The Balaban J connectivity index is 1.98. The molecule has 130 valence electrons. The van der Waals surface area contributed by atoms with Crippen molar-refractivity contribution in [1.82, 2.24) is 14.9 Å². The van der Waals surface area contributed by atoms with Crippen LogP contribution in [0.3, 0.4) is 0 Å². The highest BCUT2D eigenvalue weighted by atomic mass is 79.9. The number of carbonyl (C=O) groups excluding carboxylic acids is 1. The second kappa shape index (κ2) is 7.79. The second-order valence-electron chi connectivity index (χ2n) is 4.40. The average molecular weight is 459 g/mol. The van der Waals surface area contributed by atoms with E-state index in [-0.39, 0.29) is 27.4 Å². The Labute approximate surface area is 155 Å². The first kappa shape index (κ1) is 19.1. The number of carbonyl (C=O) groups is 1. The number of esters is 1. The van der Waals surface area contributed by atoms with Gasteiger partial charge in [-0.3, -0.25) is 4.79 Å². The summed E-state index contributed by atoms with van der Waals surface area (Å²) in [6, 6.07) is 2.75. The van der Waals surface area contributed by atoms with Crippen LogP contribution in [0.5, 0.6) is 0 Å². The molecule has 2 rings (SSSR count). The molecule has 12 heteroatoms. The summed E-state index contributed by atoms with van der Waals surface area (Å²) < 4.78 is 36.9. The lowest BCUT2D eigenvalue weighted by Gasteiger charge is -2.10. The van der Waals surface area contributed by atoms with Crippen molar-refractivity contribution in [3.63, 3.8) is 0 Å². The molecule has 1 aromatic heterocycles. The number of benzene rings is 1. The summed E-state index contributed by atoms with van der Waals surface area (Å²) in [5.41, 5.74) is 0. The molecule has 0 saturated heterocycles. The molecule has 0 amide bonds. The van der Waals surface area contributed by atoms with Gasteiger partial charge in [-0.1, -0.05) is 39.1 Å². The molecule has 24 heavy (non-hydrogen) atoms. The summed E-state index contributed by atoms with van der Waals surface area (Å²) in [7, 11) is -4.10. The van der Waals surface area contributed by atoms with Gasteiger partial charge >= 0.3 is 5.97 Å². The first-order valence-electron chi connectivity index (χ1n) is 6.28. The highest BCUT2D eigenvalue weighted by molar-refractivity contribution is 9.10. The summed E-state index contributed by atoms with van der Waals surface area (Å²) in [4.78, 5) is 11.3. The van der Waals surface area contributed by atoms with Crippen LogP contribution in [0, 0.1) is 6.92 Å². The molecule has 8 nitrogen and oxygen atoms in total. The van der Waals surface area contributed by atoms with Crippen molar-refractivity contribution in [2.75, 3.05) is 6.54 Å². The molecule has 0 unspecified atom stereocenters. The van der Waals surface area contributed by atoms with Crippen LogP contribution in [0.15, 0.2) is 25.9 Å². The van der Waals surface area contributed by atoms with Crippen molar-refractivity contribution >= 4 is 55.1 Å². The fraction of sp³-hybridized carbons (Fsp3) is 0.250. The highest BCUT2D eigenvalue weighted by Crippen LogP contribution is 2.32. The van der Waals surface area contributed by atoms with Crippen LogP contribution in [0.4, 0.5) is 0 Å². The summed E-state index contributed by atoms with van der Waals surface area (Å²) in [6.07, 6.45) is 0. The number of hydrogen-bond donors (Lipinski definition) is 1. The summed E-state index contributed by atoms with van der Waals surface area (Å²) in [5, 5.41) is 7.02. The molecule has 0 aliphatic heterocycles. The normalized spacial score (nSPS) is 11.5. The summed E-state index contributed by atoms with van der Waals surface area (Å²) in [6.45, 7) is 0.706. The molecule has 2 aromatic rings. The van der Waals surface area contributed by atoms with Gasteiger partial charge in [-0.2, -0.15) is 4.72 Å². The Morgan fingerprint density at radius 3 is 2.50 bits per heavy atom. The molecule has 0 spiro atoms. The number of hydrogen-bond acceptors (Lipinski definition) is 7. The number of ether oxygens (including phenoxy) is 1. The van der Waals surface area contributed by atoms with Crippen LogP contribution in [-0.2, 0) is 26.2 Å². The van der Waals surface area contributed by atoms with Crippen LogP contribution < -0.4 is 4.72 Å². The standard InChI is InChI=1S/C12H10BrCl2N3O5S/c1-6-17-18-10(23-6)5-22-11(19)4-16-24(20,21)12-8(14)2-7(13)3-9(12)15/h2-3,16H,4-5H2,1H3. The van der Waals surface area contributed by atoms with Crippen molar-refractivity contribution in [1.29, 1.82) is 0 Å². The largest absolute Gasteiger partial charge is 0.455 e. The number of sulfonamides is 1. The lowest BCUT2D eigenvalue weighted by Crippen LogP contribution is -2.31. The molecule has 1 N–H and O–H groups in total. The number of aromatic nitrogens is 2. The van der Waals surface area contributed by atoms with Gasteiger partial charge < -0.3 is 9.15 Å². The van der Waals surface area contributed by atoms with Crippen molar-refractivity contribution in [2.24, 2.45) is 0 Å². The number of nitrogens with zero attached hydrogens (tertiary/aromatic N) is 2. The van der Waals surface area contributed by atoms with E-state index in [4.69, 9.17) is 32.4 Å². The van der Waals surface area contributed by atoms with Crippen LogP contribution in [-0.4, -0.2) is 31.1 Å². The van der Waals surface area contributed by atoms with E-state index >= 15 is 0 Å². The predicted molar refractivity (Wildman–Crippen MR) is 88.2 cm³/mol. The molecule has 1 aromatic carbocycles. The molecular formula is C12H10BrCl2N3O5S. The Bertz CT molecular complexity index is 848. The maximum atomic E-state index is 12.2. The molecular weight excluding hydrogens is 449 g/mol. The van der Waals surface area contributed by atoms with Gasteiger partial charge in [0.05, 0.1) is 10.0 Å². The fourth-order valence-electron chi connectivity index (χ4n) is 1.60. The zero-order chi connectivity index (χ0) is 17.9. The van der Waals surface area contributed by atoms with E-state index in [1.807, 2.05) is 0 Å². The molecule has 0 saturated carbocycles. The van der Waals surface area contributed by atoms with E-state index in [1.54, 1.807) is 6.92 Å². The SMILES string of the molecule is Cc1nnc(COC(=O)CNS(=O)(=O)c2c(Cl)cc(Br)cc2Cl)o1. The van der Waals surface area contributed by atoms with E-state index in [2.05, 4.69) is 30.8 Å². The number of aryl methyl sites for hydroxylation is 1. The van der Waals surface area contributed by atoms with Crippen molar-refractivity contribution in [3.05, 3.63) is 38.4 Å². The Hall–Kier alpha value is -1.20. The second-order valence-corrected chi connectivity index (χ2v) is 7.83. The lowest BCUT2D eigenvalue weighted by molar-refractivity contribution is -0.144. The molecule has 0 aliphatic carbocycles. The van der Waals surface area contributed by atoms with Crippen LogP contribution >= 0.6 is 39.1 Å². The first-order valence-corrected chi connectivity index (χ1v) is 9.31. The van der Waals surface area contributed by atoms with Gasteiger partial charge in [0.2, 0.25) is 15.9 Å². The van der Waals surface area contributed by atoms with Crippen molar-refractivity contribution in [3.8, 4) is 0 Å². The quantitative estimate of drug-likeness (QED) is 0.661. The van der Waals surface area contributed by atoms with Gasteiger partial charge in [0.25, 0.3) is 5.89 Å². The molecule has 1 heterocycles. The van der Waals surface area contributed by atoms with E-state index in [0.717, 1.165) is 0 Å². The van der Waals surface area contributed by atoms with E-state index in [9.17, 15) is 13.2 Å². The third-order valence-corrected chi connectivity index (χ3v) is 5.34. The molecule has 0 radical (unpaired) electrons. The number of halogens is 3. The maximum absolute atomic E-state index is 12.2. The topological polar surface area (TPSA) is 111 Å². The Kier molecular flexibility index (Phi) is 6.21. The Morgan fingerprint density at radius 2 is 1.96 bits per heavy atom.